The lowest BCUT2D eigenvalue weighted by Crippen LogP contribution is -2.51. The van der Waals surface area contributed by atoms with Crippen LogP contribution in [0.3, 0.4) is 0 Å². The Morgan fingerprint density at radius 1 is 1.38 bits per heavy atom. The molecule has 1 aliphatic heterocycles. The molecule has 3 amide bonds. The summed E-state index contributed by atoms with van der Waals surface area (Å²) < 4.78 is 5.17. The maximum absolute atomic E-state index is 12.7. The largest absolute Gasteiger partial charge is 0.465 e. The number of aliphatic hydroxyl groups is 1. The Balaban J connectivity index is 2.14. The van der Waals surface area contributed by atoms with E-state index < -0.39 is 24.5 Å². The molecule has 1 fully saturated rings. The fraction of sp³-hybridized carbons (Fsp3) is 0.529. The number of benzene rings is 1. The number of hydrogen-bond donors (Lipinski definition) is 2. The molecule has 0 bridgehead atoms. The number of imide groups is 1. The molecule has 1 saturated heterocycles. The van der Waals surface area contributed by atoms with Gasteiger partial charge in [0.05, 0.1) is 6.04 Å². The van der Waals surface area contributed by atoms with Crippen molar-refractivity contribution in [2.45, 2.75) is 39.0 Å². The third kappa shape index (κ3) is 4.24. The summed E-state index contributed by atoms with van der Waals surface area (Å²) in [5, 5.41) is 19.4. The molecule has 1 aromatic rings. The van der Waals surface area contributed by atoms with Gasteiger partial charge in [-0.1, -0.05) is 50.6 Å². The van der Waals surface area contributed by atoms with E-state index in [4.69, 9.17) is 4.74 Å². The van der Waals surface area contributed by atoms with Gasteiger partial charge in [0.2, 0.25) is 0 Å². The third-order valence-corrected chi connectivity index (χ3v) is 4.30. The molecular weight excluding hydrogens is 312 g/mol. The third-order valence-electron chi connectivity index (χ3n) is 4.30. The van der Waals surface area contributed by atoms with Crippen LogP contribution in [0.4, 0.5) is 9.59 Å². The highest BCUT2D eigenvalue weighted by Crippen LogP contribution is 2.22. The van der Waals surface area contributed by atoms with Gasteiger partial charge in [0, 0.05) is 6.54 Å². The highest BCUT2D eigenvalue weighted by molar-refractivity contribution is 5.90. The predicted molar refractivity (Wildman–Crippen MR) is 87.3 cm³/mol. The molecule has 1 aliphatic rings. The van der Waals surface area contributed by atoms with Crippen LogP contribution in [0.1, 0.15) is 25.8 Å². The Morgan fingerprint density at radius 2 is 2.04 bits per heavy atom. The summed E-state index contributed by atoms with van der Waals surface area (Å²) in [7, 11) is 0. The number of amides is 3. The van der Waals surface area contributed by atoms with E-state index in [0.29, 0.717) is 6.42 Å². The molecule has 0 aliphatic carbocycles. The van der Waals surface area contributed by atoms with E-state index in [9.17, 15) is 19.8 Å². The Labute approximate surface area is 141 Å². The van der Waals surface area contributed by atoms with Gasteiger partial charge in [-0.25, -0.2) is 14.5 Å². The van der Waals surface area contributed by atoms with E-state index in [1.165, 1.54) is 4.90 Å². The van der Waals surface area contributed by atoms with Gasteiger partial charge in [-0.3, -0.25) is 4.90 Å². The van der Waals surface area contributed by atoms with E-state index in [0.717, 1.165) is 16.9 Å². The molecule has 3 atom stereocenters. The summed E-state index contributed by atoms with van der Waals surface area (Å²) >= 11 is 0. The maximum Gasteiger partial charge on any atom is 0.415 e. The van der Waals surface area contributed by atoms with Crippen molar-refractivity contribution in [2.75, 3.05) is 13.3 Å². The van der Waals surface area contributed by atoms with Crippen LogP contribution >= 0.6 is 0 Å². The van der Waals surface area contributed by atoms with Gasteiger partial charge in [-0.05, 0) is 17.9 Å². The van der Waals surface area contributed by atoms with Gasteiger partial charge in [0.1, 0.15) is 6.73 Å². The molecule has 0 aromatic heterocycles. The van der Waals surface area contributed by atoms with E-state index in [1.54, 1.807) is 0 Å². The second-order valence-corrected chi connectivity index (χ2v) is 6.10. The molecule has 3 unspecified atom stereocenters. The lowest BCUT2D eigenvalue weighted by Gasteiger charge is -2.29. The predicted octanol–water partition coefficient (Wildman–Crippen LogP) is 2.35. The average Bonchev–Trinajstić information content (AvgIpc) is 2.93. The first-order valence-corrected chi connectivity index (χ1v) is 8.08. The minimum Gasteiger partial charge on any atom is -0.465 e. The first-order chi connectivity index (χ1) is 11.4. The van der Waals surface area contributed by atoms with Crippen LogP contribution in [-0.4, -0.2) is 57.7 Å². The fourth-order valence-electron chi connectivity index (χ4n) is 2.61. The number of rotatable bonds is 5. The van der Waals surface area contributed by atoms with Gasteiger partial charge >= 0.3 is 12.1 Å². The lowest BCUT2D eigenvalue weighted by atomic mass is 10.1. The quantitative estimate of drug-likeness (QED) is 0.861. The van der Waals surface area contributed by atoms with Crippen molar-refractivity contribution in [1.82, 2.24) is 9.80 Å². The number of carbonyl (C=O) groups excluding carboxylic acids is 1. The molecular formula is C17H24N2O5. The van der Waals surface area contributed by atoms with E-state index >= 15 is 0 Å². The Hall–Kier alpha value is -2.12. The summed E-state index contributed by atoms with van der Waals surface area (Å²) in [5.74, 6) is 0.0612. The molecule has 1 aromatic carbocycles. The van der Waals surface area contributed by atoms with Crippen molar-refractivity contribution in [3.63, 3.8) is 0 Å². The summed E-state index contributed by atoms with van der Waals surface area (Å²) in [6, 6.07) is 8.14. The van der Waals surface area contributed by atoms with Crippen molar-refractivity contribution >= 4 is 12.1 Å². The zero-order valence-electron chi connectivity index (χ0n) is 14.0. The van der Waals surface area contributed by atoms with Crippen LogP contribution in [0.5, 0.6) is 0 Å². The van der Waals surface area contributed by atoms with Crippen molar-refractivity contribution in [2.24, 2.45) is 5.92 Å². The van der Waals surface area contributed by atoms with E-state index in [1.807, 2.05) is 44.2 Å². The number of urea groups is 1. The number of ether oxygens (including phenoxy) is 1. The molecule has 2 N–H and O–H groups in total. The van der Waals surface area contributed by atoms with Gasteiger partial charge in [0.15, 0.2) is 6.29 Å². The number of aliphatic hydroxyl groups excluding tert-OH is 1. The summed E-state index contributed by atoms with van der Waals surface area (Å²) in [6.45, 7) is 3.83. The smallest absolute Gasteiger partial charge is 0.415 e. The first-order valence-electron chi connectivity index (χ1n) is 8.08. The van der Waals surface area contributed by atoms with Gasteiger partial charge in [-0.2, -0.15) is 0 Å². The monoisotopic (exact) mass is 336 g/mol. The molecule has 24 heavy (non-hydrogen) atoms. The van der Waals surface area contributed by atoms with Crippen LogP contribution in [-0.2, 0) is 11.2 Å². The second kappa shape index (κ2) is 8.12. The molecule has 7 nitrogen and oxygen atoms in total. The van der Waals surface area contributed by atoms with Crippen LogP contribution < -0.4 is 0 Å². The fourth-order valence-corrected chi connectivity index (χ4v) is 2.61. The van der Waals surface area contributed by atoms with Crippen LogP contribution in [0.2, 0.25) is 0 Å². The standard InChI is InChI=1S/C17H24N2O5/c1-3-12(2)10-18(17(22)23)16(21)19-11-24-15(20)14(19)9-13-7-5-4-6-8-13/h4-8,12,14-15,20H,3,9-11H2,1-2H3,(H,22,23). The highest BCUT2D eigenvalue weighted by atomic mass is 16.6. The molecule has 1 heterocycles. The molecule has 0 saturated carbocycles. The first kappa shape index (κ1) is 18.2. The van der Waals surface area contributed by atoms with Crippen molar-refractivity contribution in [1.29, 1.82) is 0 Å². The Kier molecular flexibility index (Phi) is 6.16. The Morgan fingerprint density at radius 3 is 2.62 bits per heavy atom. The number of carbonyl (C=O) groups is 2. The minimum atomic E-state index is -1.29. The topological polar surface area (TPSA) is 90.3 Å². The summed E-state index contributed by atoms with van der Waals surface area (Å²) in [4.78, 5) is 26.2. The average molecular weight is 336 g/mol. The van der Waals surface area contributed by atoms with E-state index in [2.05, 4.69) is 0 Å². The number of hydrogen-bond acceptors (Lipinski definition) is 4. The molecule has 2 rings (SSSR count). The number of nitrogens with zero attached hydrogens (tertiary/aromatic N) is 2. The van der Waals surface area contributed by atoms with Crippen LogP contribution in [0.25, 0.3) is 0 Å². The summed E-state index contributed by atoms with van der Waals surface area (Å²) in [5.41, 5.74) is 0.939. The molecule has 132 valence electrons. The van der Waals surface area contributed by atoms with Crippen molar-refractivity contribution in [3.8, 4) is 0 Å². The van der Waals surface area contributed by atoms with E-state index in [-0.39, 0.29) is 19.2 Å². The molecule has 7 heteroatoms. The highest BCUT2D eigenvalue weighted by Gasteiger charge is 2.40. The van der Waals surface area contributed by atoms with Crippen molar-refractivity contribution < 1.29 is 24.5 Å². The second-order valence-electron chi connectivity index (χ2n) is 6.10. The minimum absolute atomic E-state index is 0.0612. The van der Waals surface area contributed by atoms with Crippen LogP contribution in [0.15, 0.2) is 30.3 Å². The zero-order chi connectivity index (χ0) is 17.7. The zero-order valence-corrected chi connectivity index (χ0v) is 14.0. The van der Waals surface area contributed by atoms with Gasteiger partial charge in [0.25, 0.3) is 0 Å². The lowest BCUT2D eigenvalue weighted by molar-refractivity contribution is -0.0671. The normalized spacial score (nSPS) is 21.5. The van der Waals surface area contributed by atoms with Crippen LogP contribution in [0, 0.1) is 5.92 Å². The molecule has 0 spiro atoms. The molecule has 0 radical (unpaired) electrons. The Bertz CT molecular complexity index is 565. The number of carboxylic acid groups (broad SMARTS) is 1. The SMILES string of the molecule is CCC(C)CN(C(=O)O)C(=O)N1COC(O)C1Cc1ccccc1. The van der Waals surface area contributed by atoms with Gasteiger partial charge in [-0.15, -0.1) is 0 Å². The summed E-state index contributed by atoms with van der Waals surface area (Å²) in [6.07, 6.45) is -1.26. The maximum atomic E-state index is 12.7. The van der Waals surface area contributed by atoms with Gasteiger partial charge < -0.3 is 14.9 Å². The van der Waals surface area contributed by atoms with Crippen molar-refractivity contribution in [3.05, 3.63) is 35.9 Å².